The molecule has 0 aliphatic carbocycles. The molecule has 20 heavy (non-hydrogen) atoms. The summed E-state index contributed by atoms with van der Waals surface area (Å²) in [5, 5.41) is 3.18. The Kier molecular flexibility index (Phi) is 7.58. The van der Waals surface area contributed by atoms with Crippen molar-refractivity contribution in [1.29, 1.82) is 0 Å². The number of hydrogen-bond acceptors (Lipinski definition) is 3. The molecule has 5 nitrogen and oxygen atoms in total. The highest BCUT2D eigenvalue weighted by Gasteiger charge is 2.04. The molecule has 4 N–H and O–H groups in total. The third-order valence-electron chi connectivity index (χ3n) is 2.76. The third kappa shape index (κ3) is 5.48. The largest absolute Gasteiger partial charge is 0.382 e. The van der Waals surface area contributed by atoms with Gasteiger partial charge < -0.3 is 10.1 Å². The lowest BCUT2D eigenvalue weighted by molar-refractivity contribution is 0.146. The number of ether oxygens (including phenoxy) is 1. The van der Waals surface area contributed by atoms with E-state index in [-0.39, 0.29) is 0 Å². The minimum Gasteiger partial charge on any atom is -0.382 e. The summed E-state index contributed by atoms with van der Waals surface area (Å²) in [6.07, 6.45) is 0.874. The van der Waals surface area contributed by atoms with Crippen molar-refractivity contribution in [1.82, 2.24) is 5.43 Å². The molecule has 112 valence electrons. The first-order valence-corrected chi connectivity index (χ1v) is 7.50. The summed E-state index contributed by atoms with van der Waals surface area (Å²) in [5.74, 6) is 6.04. The summed E-state index contributed by atoms with van der Waals surface area (Å²) in [7, 11) is 0. The Morgan fingerprint density at radius 2 is 2.00 bits per heavy atom. The fourth-order valence-electron chi connectivity index (χ4n) is 1.78. The average molecular weight is 343 g/mol. The number of aryl methyl sites for hydroxylation is 2. The number of halogens is 1. The first kappa shape index (κ1) is 16.9. The van der Waals surface area contributed by atoms with Crippen LogP contribution in [0.15, 0.2) is 21.6 Å². The Hall–Kier alpha value is -1.11. The van der Waals surface area contributed by atoms with Crippen molar-refractivity contribution in [3.05, 3.63) is 27.7 Å². The molecule has 0 spiro atoms. The van der Waals surface area contributed by atoms with Gasteiger partial charge in [-0.15, -0.1) is 0 Å². The number of hydrogen-bond donors (Lipinski definition) is 3. The molecular formula is C14H23BrN4O. The van der Waals surface area contributed by atoms with Crippen LogP contribution < -0.4 is 16.6 Å². The van der Waals surface area contributed by atoms with E-state index in [1.807, 2.05) is 19.1 Å². The molecule has 1 rings (SSSR count). The summed E-state index contributed by atoms with van der Waals surface area (Å²) in [5.41, 5.74) is 5.88. The molecule has 1 aromatic carbocycles. The van der Waals surface area contributed by atoms with E-state index in [1.165, 1.54) is 11.1 Å². The van der Waals surface area contributed by atoms with E-state index in [1.54, 1.807) is 0 Å². The molecule has 0 atom stereocenters. The van der Waals surface area contributed by atoms with Gasteiger partial charge in [0.1, 0.15) is 0 Å². The van der Waals surface area contributed by atoms with Crippen LogP contribution in [-0.2, 0) is 4.74 Å². The molecule has 0 aliphatic rings. The van der Waals surface area contributed by atoms with E-state index < -0.39 is 0 Å². The van der Waals surface area contributed by atoms with Gasteiger partial charge in [0.05, 0.1) is 0 Å². The minimum atomic E-state index is 0.558. The molecule has 0 aliphatic heterocycles. The second-order valence-electron chi connectivity index (χ2n) is 4.47. The second-order valence-corrected chi connectivity index (χ2v) is 5.27. The lowest BCUT2D eigenvalue weighted by Crippen LogP contribution is -2.36. The lowest BCUT2D eigenvalue weighted by atomic mass is 10.1. The van der Waals surface area contributed by atoms with Gasteiger partial charge in [0.2, 0.25) is 5.96 Å². The molecule has 0 amide bonds. The van der Waals surface area contributed by atoms with Crippen molar-refractivity contribution >= 4 is 27.6 Å². The van der Waals surface area contributed by atoms with E-state index in [0.717, 1.165) is 23.2 Å². The Bertz CT molecular complexity index is 439. The summed E-state index contributed by atoms with van der Waals surface area (Å²) >= 11 is 3.55. The van der Waals surface area contributed by atoms with Crippen molar-refractivity contribution in [2.24, 2.45) is 10.8 Å². The lowest BCUT2D eigenvalue weighted by Gasteiger charge is -2.12. The quantitative estimate of drug-likeness (QED) is 0.244. The number of nitrogens with zero attached hydrogens (tertiary/aromatic N) is 1. The molecule has 0 aromatic heterocycles. The van der Waals surface area contributed by atoms with Crippen LogP contribution in [0.4, 0.5) is 5.69 Å². The van der Waals surface area contributed by atoms with Crippen molar-refractivity contribution in [3.63, 3.8) is 0 Å². The van der Waals surface area contributed by atoms with Gasteiger partial charge in [0.25, 0.3) is 0 Å². The molecule has 0 saturated heterocycles. The van der Waals surface area contributed by atoms with Crippen molar-refractivity contribution in [2.45, 2.75) is 27.2 Å². The van der Waals surface area contributed by atoms with Crippen LogP contribution in [-0.4, -0.2) is 25.7 Å². The van der Waals surface area contributed by atoms with E-state index in [2.05, 4.69) is 45.5 Å². The molecule has 0 heterocycles. The second kappa shape index (κ2) is 8.94. The van der Waals surface area contributed by atoms with Crippen LogP contribution in [0.5, 0.6) is 0 Å². The number of nitrogens with two attached hydrogens (primary N) is 1. The van der Waals surface area contributed by atoms with Gasteiger partial charge in [-0.2, -0.15) is 0 Å². The van der Waals surface area contributed by atoms with Gasteiger partial charge in [0.15, 0.2) is 0 Å². The normalized spacial score (nSPS) is 11.6. The first-order valence-electron chi connectivity index (χ1n) is 6.71. The summed E-state index contributed by atoms with van der Waals surface area (Å²) in [6, 6.07) is 4.09. The fourth-order valence-corrected chi connectivity index (χ4v) is 2.01. The predicted molar refractivity (Wildman–Crippen MR) is 88.0 cm³/mol. The zero-order valence-electron chi connectivity index (χ0n) is 12.3. The van der Waals surface area contributed by atoms with Gasteiger partial charge in [0, 0.05) is 29.9 Å². The number of aliphatic imine (C=N–C) groups is 1. The molecule has 6 heteroatoms. The summed E-state index contributed by atoms with van der Waals surface area (Å²) in [6.45, 7) is 8.21. The number of hydrazine groups is 1. The molecule has 0 unspecified atom stereocenters. The molecular weight excluding hydrogens is 320 g/mol. The van der Waals surface area contributed by atoms with E-state index in [4.69, 9.17) is 10.6 Å². The van der Waals surface area contributed by atoms with E-state index >= 15 is 0 Å². The zero-order chi connectivity index (χ0) is 15.0. The fraction of sp³-hybridized carbons (Fsp3) is 0.500. The zero-order valence-corrected chi connectivity index (χ0v) is 13.9. The predicted octanol–water partition coefficient (Wildman–Crippen LogP) is 2.72. The highest BCUT2D eigenvalue weighted by molar-refractivity contribution is 9.10. The Labute approximate surface area is 129 Å². The van der Waals surface area contributed by atoms with Gasteiger partial charge in [-0.05, 0) is 50.5 Å². The van der Waals surface area contributed by atoms with Crippen LogP contribution in [0.25, 0.3) is 0 Å². The van der Waals surface area contributed by atoms with Crippen molar-refractivity contribution in [3.8, 4) is 0 Å². The maximum absolute atomic E-state index is 5.48. The van der Waals surface area contributed by atoms with Gasteiger partial charge in [-0.1, -0.05) is 15.9 Å². The highest BCUT2D eigenvalue weighted by Crippen LogP contribution is 2.24. The molecule has 0 saturated carbocycles. The van der Waals surface area contributed by atoms with Crippen LogP contribution in [0.1, 0.15) is 24.5 Å². The van der Waals surface area contributed by atoms with Crippen molar-refractivity contribution < 1.29 is 4.74 Å². The molecule has 0 bridgehead atoms. The van der Waals surface area contributed by atoms with Gasteiger partial charge in [-0.3, -0.25) is 10.4 Å². The summed E-state index contributed by atoms with van der Waals surface area (Å²) in [4.78, 5) is 4.37. The number of guanidine groups is 1. The van der Waals surface area contributed by atoms with Crippen LogP contribution in [0.3, 0.4) is 0 Å². The SMILES string of the molecule is CCOCCCN=C(NN)Nc1cc(C)c(Br)c(C)c1. The minimum absolute atomic E-state index is 0.558. The Balaban J connectivity index is 2.61. The molecule has 1 aromatic rings. The third-order valence-corrected chi connectivity index (χ3v) is 4.01. The monoisotopic (exact) mass is 342 g/mol. The molecule has 0 radical (unpaired) electrons. The number of rotatable bonds is 6. The number of nitrogens with one attached hydrogen (secondary N) is 2. The Morgan fingerprint density at radius 1 is 1.35 bits per heavy atom. The number of benzene rings is 1. The average Bonchev–Trinajstić information content (AvgIpc) is 2.43. The highest BCUT2D eigenvalue weighted by atomic mass is 79.9. The maximum Gasteiger partial charge on any atom is 0.210 e. The van der Waals surface area contributed by atoms with E-state index in [0.29, 0.717) is 19.1 Å². The van der Waals surface area contributed by atoms with Gasteiger partial charge >= 0.3 is 0 Å². The molecule has 0 fully saturated rings. The maximum atomic E-state index is 5.48. The van der Waals surface area contributed by atoms with Crippen LogP contribution in [0, 0.1) is 13.8 Å². The Morgan fingerprint density at radius 3 is 2.55 bits per heavy atom. The van der Waals surface area contributed by atoms with E-state index in [9.17, 15) is 0 Å². The smallest absolute Gasteiger partial charge is 0.210 e. The first-order chi connectivity index (χ1) is 9.58. The van der Waals surface area contributed by atoms with Crippen LogP contribution >= 0.6 is 15.9 Å². The van der Waals surface area contributed by atoms with Crippen molar-refractivity contribution in [2.75, 3.05) is 25.1 Å². The topological polar surface area (TPSA) is 71.7 Å². The summed E-state index contributed by atoms with van der Waals surface area (Å²) < 4.78 is 6.39. The van der Waals surface area contributed by atoms with Crippen LogP contribution in [0.2, 0.25) is 0 Å². The number of anilines is 1. The standard InChI is InChI=1S/C14H23BrN4O/c1-4-20-7-5-6-17-14(19-16)18-12-8-10(2)13(15)11(3)9-12/h8-9H,4-7,16H2,1-3H3,(H2,17,18,19). The van der Waals surface area contributed by atoms with Gasteiger partial charge in [-0.25, -0.2) is 5.84 Å².